The van der Waals surface area contributed by atoms with Gasteiger partial charge in [0.15, 0.2) is 12.3 Å². The molecule has 3 aliphatic rings. The van der Waals surface area contributed by atoms with E-state index < -0.39 is 40.6 Å². The SMILES string of the molecule is Cn1nc(C(=O)NC23CC(NC(=O)COc4ccc(Cl)c(F)c4)(C2)C3)cc1C(F)(F)F. The maximum atomic E-state index is 13.4. The second-order valence-electron chi connectivity index (χ2n) is 7.99. The Kier molecular flexibility index (Phi) is 4.91. The fourth-order valence-electron chi connectivity index (χ4n) is 4.25. The van der Waals surface area contributed by atoms with Gasteiger partial charge in [0.25, 0.3) is 11.8 Å². The maximum absolute atomic E-state index is 13.4. The van der Waals surface area contributed by atoms with Gasteiger partial charge in [-0.25, -0.2) is 4.39 Å². The molecule has 5 rings (SSSR count). The molecule has 0 unspecified atom stereocenters. The van der Waals surface area contributed by atoms with Gasteiger partial charge < -0.3 is 15.4 Å². The van der Waals surface area contributed by atoms with E-state index in [0.717, 1.165) is 13.1 Å². The molecule has 2 aromatic rings. The van der Waals surface area contributed by atoms with Gasteiger partial charge in [-0.15, -0.1) is 0 Å². The van der Waals surface area contributed by atoms with Crippen LogP contribution in [0.2, 0.25) is 5.02 Å². The molecule has 0 aliphatic heterocycles. The van der Waals surface area contributed by atoms with E-state index in [9.17, 15) is 27.2 Å². The van der Waals surface area contributed by atoms with E-state index in [-0.39, 0.29) is 23.1 Å². The molecule has 12 heteroatoms. The first-order chi connectivity index (χ1) is 14.4. The summed E-state index contributed by atoms with van der Waals surface area (Å²) in [7, 11) is 1.12. The second kappa shape index (κ2) is 7.11. The molecule has 2 N–H and O–H groups in total. The molecule has 166 valence electrons. The molecule has 1 aromatic carbocycles. The third-order valence-electron chi connectivity index (χ3n) is 5.48. The van der Waals surface area contributed by atoms with E-state index in [1.165, 1.54) is 12.1 Å². The van der Waals surface area contributed by atoms with E-state index in [0.29, 0.717) is 30.0 Å². The summed E-state index contributed by atoms with van der Waals surface area (Å²) < 4.78 is 57.8. The van der Waals surface area contributed by atoms with Gasteiger partial charge in [0.1, 0.15) is 17.3 Å². The smallest absolute Gasteiger partial charge is 0.433 e. The van der Waals surface area contributed by atoms with Crippen molar-refractivity contribution in [1.82, 2.24) is 20.4 Å². The van der Waals surface area contributed by atoms with Crippen LogP contribution in [0.1, 0.15) is 35.4 Å². The van der Waals surface area contributed by atoms with Crippen LogP contribution in [0.4, 0.5) is 17.6 Å². The van der Waals surface area contributed by atoms with Gasteiger partial charge in [-0.05, 0) is 31.4 Å². The Labute approximate surface area is 178 Å². The number of hydrogen-bond acceptors (Lipinski definition) is 4. The molecule has 0 saturated heterocycles. The topological polar surface area (TPSA) is 85.3 Å². The molecular weight excluding hydrogens is 444 g/mol. The lowest BCUT2D eigenvalue weighted by atomic mass is 9.44. The third-order valence-corrected chi connectivity index (χ3v) is 5.78. The van der Waals surface area contributed by atoms with E-state index >= 15 is 0 Å². The number of alkyl halides is 3. The number of nitrogens with one attached hydrogen (secondary N) is 2. The fraction of sp³-hybridized carbons (Fsp3) is 0.421. The van der Waals surface area contributed by atoms with Crippen LogP contribution in [0.15, 0.2) is 24.3 Å². The Hall–Kier alpha value is -2.82. The average Bonchev–Trinajstić information content (AvgIpc) is 3.02. The maximum Gasteiger partial charge on any atom is 0.433 e. The monoisotopic (exact) mass is 460 g/mol. The van der Waals surface area contributed by atoms with Gasteiger partial charge in [-0.1, -0.05) is 11.6 Å². The van der Waals surface area contributed by atoms with Crippen LogP contribution in [-0.4, -0.2) is 39.3 Å². The molecule has 0 radical (unpaired) electrons. The summed E-state index contributed by atoms with van der Waals surface area (Å²) in [6.45, 7) is -0.323. The summed E-state index contributed by atoms with van der Waals surface area (Å²) in [4.78, 5) is 24.4. The second-order valence-corrected chi connectivity index (χ2v) is 8.40. The van der Waals surface area contributed by atoms with Gasteiger partial charge >= 0.3 is 6.18 Å². The van der Waals surface area contributed by atoms with Crippen LogP contribution in [0.3, 0.4) is 0 Å². The first-order valence-corrected chi connectivity index (χ1v) is 9.61. The summed E-state index contributed by atoms with van der Waals surface area (Å²) >= 11 is 5.58. The van der Waals surface area contributed by atoms with Gasteiger partial charge in [0.2, 0.25) is 0 Å². The van der Waals surface area contributed by atoms with Crippen molar-refractivity contribution >= 4 is 23.4 Å². The zero-order valence-electron chi connectivity index (χ0n) is 16.1. The van der Waals surface area contributed by atoms with Crippen LogP contribution < -0.4 is 15.4 Å². The van der Waals surface area contributed by atoms with Gasteiger partial charge in [0.05, 0.1) is 5.02 Å². The predicted molar refractivity (Wildman–Crippen MR) is 100 cm³/mol. The first kappa shape index (κ1) is 21.4. The summed E-state index contributed by atoms with van der Waals surface area (Å²) in [6.07, 6.45) is -3.26. The van der Waals surface area contributed by atoms with Crippen LogP contribution in [0.25, 0.3) is 0 Å². The molecule has 2 amide bonds. The number of ether oxygens (including phenoxy) is 1. The average molecular weight is 461 g/mol. The number of carbonyl (C=O) groups is 2. The highest BCUT2D eigenvalue weighted by Crippen LogP contribution is 2.60. The van der Waals surface area contributed by atoms with Crippen LogP contribution >= 0.6 is 11.6 Å². The summed E-state index contributed by atoms with van der Waals surface area (Å²) in [5.74, 6) is -1.60. The molecule has 0 spiro atoms. The Balaban J connectivity index is 1.26. The Morgan fingerprint density at radius 2 is 1.84 bits per heavy atom. The lowest BCUT2D eigenvalue weighted by Crippen LogP contribution is -2.84. The van der Waals surface area contributed by atoms with E-state index in [1.807, 2.05) is 0 Å². The minimum absolute atomic E-state index is 0.0571. The predicted octanol–water partition coefficient (Wildman–Crippen LogP) is 2.83. The van der Waals surface area contributed by atoms with Crippen molar-refractivity contribution in [3.8, 4) is 5.75 Å². The standard InChI is InChI=1S/C19H17ClF4N4O3/c1-28-14(19(22,23)24)5-13(27-28)16(30)26-18-7-17(8-18,9-18)25-15(29)6-31-10-2-3-11(20)12(21)4-10/h2-5H,6-9H2,1H3,(H,25,29)(H,26,30). The highest BCUT2D eigenvalue weighted by Gasteiger charge is 2.69. The van der Waals surface area contributed by atoms with E-state index in [2.05, 4.69) is 15.7 Å². The minimum Gasteiger partial charge on any atom is -0.484 e. The zero-order chi connectivity index (χ0) is 22.6. The number of amides is 2. The number of halogens is 5. The molecule has 3 fully saturated rings. The Morgan fingerprint density at radius 1 is 1.19 bits per heavy atom. The summed E-state index contributed by atoms with van der Waals surface area (Å²) in [6, 6.07) is 4.53. The highest BCUT2D eigenvalue weighted by molar-refractivity contribution is 6.30. The molecule has 2 bridgehead atoms. The number of aromatic nitrogens is 2. The zero-order valence-corrected chi connectivity index (χ0v) is 16.9. The first-order valence-electron chi connectivity index (χ1n) is 9.23. The molecule has 3 saturated carbocycles. The van der Waals surface area contributed by atoms with Crippen molar-refractivity contribution in [2.75, 3.05) is 6.61 Å². The molecule has 0 atom stereocenters. The number of rotatable bonds is 6. The van der Waals surface area contributed by atoms with Gasteiger partial charge in [0, 0.05) is 30.3 Å². The number of carbonyl (C=O) groups excluding carboxylic acids is 2. The van der Waals surface area contributed by atoms with Crippen molar-refractivity contribution in [2.45, 2.75) is 36.5 Å². The van der Waals surface area contributed by atoms with Crippen molar-refractivity contribution in [3.05, 3.63) is 46.5 Å². The molecule has 31 heavy (non-hydrogen) atoms. The number of benzene rings is 1. The Bertz CT molecular complexity index is 1050. The molecule has 1 aromatic heterocycles. The normalized spacial score (nSPS) is 24.1. The number of nitrogens with zero attached hydrogens (tertiary/aromatic N) is 2. The van der Waals surface area contributed by atoms with Gasteiger partial charge in [-0.3, -0.25) is 14.3 Å². The number of hydrogen-bond donors (Lipinski definition) is 2. The van der Waals surface area contributed by atoms with Crippen LogP contribution in [0.5, 0.6) is 5.75 Å². The lowest BCUT2D eigenvalue weighted by molar-refractivity contribution is -0.143. The van der Waals surface area contributed by atoms with Crippen LogP contribution in [-0.2, 0) is 18.0 Å². The van der Waals surface area contributed by atoms with Crippen molar-refractivity contribution in [3.63, 3.8) is 0 Å². The van der Waals surface area contributed by atoms with E-state index in [1.54, 1.807) is 0 Å². The molecular formula is C19H17ClF4N4O3. The quantitative estimate of drug-likeness (QED) is 0.649. The van der Waals surface area contributed by atoms with E-state index in [4.69, 9.17) is 16.3 Å². The minimum atomic E-state index is -4.61. The third kappa shape index (κ3) is 4.06. The lowest BCUT2D eigenvalue weighted by Gasteiger charge is -2.70. The molecule has 3 aliphatic carbocycles. The summed E-state index contributed by atoms with van der Waals surface area (Å²) in [5, 5.41) is 9.11. The van der Waals surface area contributed by atoms with Crippen molar-refractivity contribution < 1.29 is 31.9 Å². The largest absolute Gasteiger partial charge is 0.484 e. The molecule has 7 nitrogen and oxygen atoms in total. The van der Waals surface area contributed by atoms with Crippen molar-refractivity contribution in [1.29, 1.82) is 0 Å². The molecule has 1 heterocycles. The van der Waals surface area contributed by atoms with Gasteiger partial charge in [-0.2, -0.15) is 18.3 Å². The highest BCUT2D eigenvalue weighted by atomic mass is 35.5. The number of aryl methyl sites for hydroxylation is 1. The van der Waals surface area contributed by atoms with Crippen LogP contribution in [0, 0.1) is 5.82 Å². The Morgan fingerprint density at radius 3 is 2.42 bits per heavy atom. The fourth-order valence-corrected chi connectivity index (χ4v) is 4.37. The van der Waals surface area contributed by atoms with Crippen molar-refractivity contribution in [2.24, 2.45) is 7.05 Å². The summed E-state index contributed by atoms with van der Waals surface area (Å²) in [5.41, 5.74) is -2.39.